The summed E-state index contributed by atoms with van der Waals surface area (Å²) < 4.78 is 26.4. The number of carbonyl (C=O) groups is 1. The summed E-state index contributed by atoms with van der Waals surface area (Å²) in [4.78, 5) is 21.5. The fourth-order valence-corrected chi connectivity index (χ4v) is 6.22. The molecule has 4 heterocycles. The standard InChI is InChI=1S/C18H24N4O3S/c1-13(2)10-20-7-8-22(16-12-26(24,25)11-15(16)20)18(23)14-9-19-17-5-3-4-6-21(14)17/h3-6,9,13,15-16H,7-8,10-12H2,1-2H3/t15-,16+/m0/s1. The molecule has 2 aliphatic heterocycles. The molecule has 26 heavy (non-hydrogen) atoms. The van der Waals surface area contributed by atoms with Gasteiger partial charge in [0.25, 0.3) is 5.91 Å². The molecule has 7 nitrogen and oxygen atoms in total. The summed E-state index contributed by atoms with van der Waals surface area (Å²) in [6.07, 6.45) is 3.39. The molecule has 2 aromatic heterocycles. The third-order valence-corrected chi connectivity index (χ3v) is 6.99. The van der Waals surface area contributed by atoms with E-state index in [2.05, 4.69) is 23.7 Å². The minimum atomic E-state index is -3.13. The zero-order valence-corrected chi connectivity index (χ0v) is 15.9. The van der Waals surface area contributed by atoms with Gasteiger partial charge in [-0.15, -0.1) is 0 Å². The van der Waals surface area contributed by atoms with Gasteiger partial charge in [-0.1, -0.05) is 19.9 Å². The Hall–Kier alpha value is -1.93. The van der Waals surface area contributed by atoms with Crippen molar-refractivity contribution in [3.8, 4) is 0 Å². The molecular formula is C18H24N4O3S. The summed E-state index contributed by atoms with van der Waals surface area (Å²) in [5, 5.41) is 0. The monoisotopic (exact) mass is 376 g/mol. The third-order valence-electron chi connectivity index (χ3n) is 5.29. The van der Waals surface area contributed by atoms with Gasteiger partial charge in [-0.2, -0.15) is 0 Å². The molecule has 8 heteroatoms. The van der Waals surface area contributed by atoms with E-state index in [1.807, 2.05) is 24.4 Å². The van der Waals surface area contributed by atoms with E-state index in [1.165, 1.54) is 0 Å². The van der Waals surface area contributed by atoms with Gasteiger partial charge in [0.1, 0.15) is 11.3 Å². The van der Waals surface area contributed by atoms with E-state index < -0.39 is 9.84 Å². The Morgan fingerprint density at radius 2 is 2.00 bits per heavy atom. The van der Waals surface area contributed by atoms with Gasteiger partial charge < -0.3 is 4.90 Å². The lowest BCUT2D eigenvalue weighted by molar-refractivity contribution is 0.0292. The second-order valence-electron chi connectivity index (χ2n) is 7.67. The van der Waals surface area contributed by atoms with Gasteiger partial charge in [0, 0.05) is 31.9 Å². The predicted octanol–water partition coefficient (Wildman–Crippen LogP) is 0.914. The van der Waals surface area contributed by atoms with Crippen LogP contribution in [0.1, 0.15) is 24.3 Å². The van der Waals surface area contributed by atoms with Gasteiger partial charge >= 0.3 is 0 Å². The largest absolute Gasteiger partial charge is 0.330 e. The van der Waals surface area contributed by atoms with E-state index in [0.717, 1.165) is 6.54 Å². The molecule has 1 amide bonds. The molecule has 0 radical (unpaired) electrons. The van der Waals surface area contributed by atoms with E-state index in [4.69, 9.17) is 0 Å². The number of piperazine rings is 1. The van der Waals surface area contributed by atoms with Gasteiger partial charge in [0.15, 0.2) is 9.84 Å². The number of rotatable bonds is 3. The van der Waals surface area contributed by atoms with Crippen LogP contribution in [0, 0.1) is 5.92 Å². The van der Waals surface area contributed by atoms with Crippen LogP contribution in [0.15, 0.2) is 30.6 Å². The summed E-state index contributed by atoms with van der Waals surface area (Å²) >= 11 is 0. The molecule has 140 valence electrons. The highest BCUT2D eigenvalue weighted by atomic mass is 32.2. The van der Waals surface area contributed by atoms with E-state index in [9.17, 15) is 13.2 Å². The molecule has 2 saturated heterocycles. The number of fused-ring (bicyclic) bond motifs is 2. The lowest BCUT2D eigenvalue weighted by Gasteiger charge is -2.44. The van der Waals surface area contributed by atoms with E-state index in [-0.39, 0.29) is 29.5 Å². The maximum atomic E-state index is 13.2. The summed E-state index contributed by atoms with van der Waals surface area (Å²) in [7, 11) is -3.13. The highest BCUT2D eigenvalue weighted by Gasteiger charge is 2.48. The predicted molar refractivity (Wildman–Crippen MR) is 98.9 cm³/mol. The minimum Gasteiger partial charge on any atom is -0.330 e. The number of amides is 1. The quantitative estimate of drug-likeness (QED) is 0.796. The van der Waals surface area contributed by atoms with Crippen LogP contribution in [-0.4, -0.2) is 76.7 Å². The average molecular weight is 376 g/mol. The molecule has 0 N–H and O–H groups in total. The summed E-state index contributed by atoms with van der Waals surface area (Å²) in [5.74, 6) is 0.510. The van der Waals surface area contributed by atoms with Crippen LogP contribution < -0.4 is 0 Å². The van der Waals surface area contributed by atoms with Crippen LogP contribution in [0.2, 0.25) is 0 Å². The van der Waals surface area contributed by atoms with Crippen LogP contribution in [0.25, 0.3) is 5.65 Å². The Bertz CT molecular complexity index is 937. The number of hydrogen-bond donors (Lipinski definition) is 0. The van der Waals surface area contributed by atoms with Crippen LogP contribution in [0.4, 0.5) is 0 Å². The first-order valence-electron chi connectivity index (χ1n) is 9.03. The van der Waals surface area contributed by atoms with Crippen molar-refractivity contribution in [3.05, 3.63) is 36.3 Å². The molecular weight excluding hydrogens is 352 g/mol. The van der Waals surface area contributed by atoms with Crippen molar-refractivity contribution in [2.75, 3.05) is 31.1 Å². The summed E-state index contributed by atoms with van der Waals surface area (Å²) in [6.45, 7) is 6.37. The first-order chi connectivity index (χ1) is 12.4. The molecule has 2 aromatic rings. The van der Waals surface area contributed by atoms with E-state index in [1.54, 1.807) is 15.5 Å². The van der Waals surface area contributed by atoms with Crippen LogP contribution >= 0.6 is 0 Å². The van der Waals surface area contributed by atoms with Crippen molar-refractivity contribution in [1.29, 1.82) is 0 Å². The highest BCUT2D eigenvalue weighted by Crippen LogP contribution is 2.29. The zero-order valence-electron chi connectivity index (χ0n) is 15.1. The molecule has 0 aliphatic carbocycles. The molecule has 0 bridgehead atoms. The van der Waals surface area contributed by atoms with Crippen molar-refractivity contribution >= 4 is 21.4 Å². The van der Waals surface area contributed by atoms with Crippen molar-refractivity contribution < 1.29 is 13.2 Å². The fraction of sp³-hybridized carbons (Fsp3) is 0.556. The maximum absolute atomic E-state index is 13.2. The number of sulfone groups is 1. The molecule has 2 fully saturated rings. The lowest BCUT2D eigenvalue weighted by Crippen LogP contribution is -2.61. The van der Waals surface area contributed by atoms with Gasteiger partial charge in [-0.05, 0) is 18.1 Å². The summed E-state index contributed by atoms with van der Waals surface area (Å²) in [6, 6.07) is 5.18. The van der Waals surface area contributed by atoms with E-state index >= 15 is 0 Å². The normalized spacial score (nSPS) is 25.7. The number of imidazole rings is 1. The molecule has 2 atom stereocenters. The van der Waals surface area contributed by atoms with Gasteiger partial charge in [-0.25, -0.2) is 13.4 Å². The number of hydrogen-bond acceptors (Lipinski definition) is 5. The SMILES string of the molecule is CC(C)CN1CCN(C(=O)c2cnc3ccccn23)[C@@H]2CS(=O)(=O)C[C@@H]21. The molecule has 0 saturated carbocycles. The van der Waals surface area contributed by atoms with Crippen LogP contribution in [0.3, 0.4) is 0 Å². The fourth-order valence-electron chi connectivity index (χ4n) is 4.21. The van der Waals surface area contributed by atoms with Gasteiger partial charge in [-0.3, -0.25) is 14.1 Å². The lowest BCUT2D eigenvalue weighted by atomic mass is 10.0. The van der Waals surface area contributed by atoms with Crippen molar-refractivity contribution in [2.24, 2.45) is 5.92 Å². The Kier molecular flexibility index (Phi) is 4.27. The molecule has 0 aromatic carbocycles. The summed E-state index contributed by atoms with van der Waals surface area (Å²) in [5.41, 5.74) is 1.20. The number of aromatic nitrogens is 2. The van der Waals surface area contributed by atoms with Gasteiger partial charge in [0.2, 0.25) is 0 Å². The third kappa shape index (κ3) is 3.01. The Balaban J connectivity index is 1.65. The highest BCUT2D eigenvalue weighted by molar-refractivity contribution is 7.91. The van der Waals surface area contributed by atoms with Crippen molar-refractivity contribution in [3.63, 3.8) is 0 Å². The van der Waals surface area contributed by atoms with Crippen LogP contribution in [0.5, 0.6) is 0 Å². The minimum absolute atomic E-state index is 0.0503. The first kappa shape index (κ1) is 17.5. The second kappa shape index (κ2) is 6.35. The number of nitrogens with zero attached hydrogens (tertiary/aromatic N) is 4. The van der Waals surface area contributed by atoms with Crippen molar-refractivity contribution in [2.45, 2.75) is 25.9 Å². The first-order valence-corrected chi connectivity index (χ1v) is 10.9. The number of carbonyl (C=O) groups excluding carboxylic acids is 1. The van der Waals surface area contributed by atoms with Crippen LogP contribution in [-0.2, 0) is 9.84 Å². The van der Waals surface area contributed by atoms with Crippen molar-refractivity contribution in [1.82, 2.24) is 19.2 Å². The maximum Gasteiger partial charge on any atom is 0.272 e. The van der Waals surface area contributed by atoms with Gasteiger partial charge in [0.05, 0.1) is 23.7 Å². The molecule has 2 aliphatic rings. The second-order valence-corrected chi connectivity index (χ2v) is 9.83. The Morgan fingerprint density at radius 1 is 1.23 bits per heavy atom. The topological polar surface area (TPSA) is 75.0 Å². The number of pyridine rings is 1. The molecule has 0 spiro atoms. The van der Waals surface area contributed by atoms with E-state index in [0.29, 0.717) is 30.3 Å². The zero-order chi connectivity index (χ0) is 18.5. The molecule has 4 rings (SSSR count). The molecule has 0 unspecified atom stereocenters. The Morgan fingerprint density at radius 3 is 2.77 bits per heavy atom. The average Bonchev–Trinajstić information content (AvgIpc) is 3.14. The Labute approximate surface area is 153 Å². The smallest absolute Gasteiger partial charge is 0.272 e.